The van der Waals surface area contributed by atoms with Gasteiger partial charge in [0.1, 0.15) is 5.75 Å². The molecule has 5 aliphatic rings. The summed E-state index contributed by atoms with van der Waals surface area (Å²) in [5.41, 5.74) is 5.21. The number of carbonyl (C=O) groups is 2. The van der Waals surface area contributed by atoms with Gasteiger partial charge in [0, 0.05) is 48.6 Å². The lowest BCUT2D eigenvalue weighted by Gasteiger charge is -2.37. The zero-order chi connectivity index (χ0) is 32.0. The summed E-state index contributed by atoms with van der Waals surface area (Å²) < 4.78 is 42.2. The van der Waals surface area contributed by atoms with Gasteiger partial charge in [0.05, 0.1) is 43.5 Å². The number of fused-ring (bicyclic) bond motifs is 9. The van der Waals surface area contributed by atoms with E-state index in [-0.39, 0.29) is 29.5 Å². The third-order valence-electron chi connectivity index (χ3n) is 11.4. The second-order valence-electron chi connectivity index (χ2n) is 14.1. The summed E-state index contributed by atoms with van der Waals surface area (Å²) in [6, 6.07) is 12.1. The number of methoxy groups -OCH3 is 1. The van der Waals surface area contributed by atoms with Crippen molar-refractivity contribution in [1.82, 2.24) is 18.5 Å². The van der Waals surface area contributed by atoms with Crippen LogP contribution in [0.4, 0.5) is 0 Å². The molecule has 46 heavy (non-hydrogen) atoms. The standard InChI is InChI=1S/C35H42N4O6S/c1-37(2)46(42,43)36-33(40)22-9-13-27-30(15-22)38-20-35(34(41)39-23-10-11-24(39)19-45-18-23)17-29(35)28-16-25(44-3)12-14-26(28)32(38)31(27)21-7-5-4-6-8-21/h9,12-16,21,23-24,29H,4-8,10-11,17-20H2,1-3H3,(H,36,40). The summed E-state index contributed by atoms with van der Waals surface area (Å²) in [6.45, 7) is 1.68. The van der Waals surface area contributed by atoms with Crippen molar-refractivity contribution in [2.24, 2.45) is 5.41 Å². The second-order valence-corrected chi connectivity index (χ2v) is 16.0. The van der Waals surface area contributed by atoms with E-state index in [9.17, 15) is 18.0 Å². The molecule has 4 atom stereocenters. The molecule has 0 radical (unpaired) electrons. The average molecular weight is 647 g/mol. The summed E-state index contributed by atoms with van der Waals surface area (Å²) in [5.74, 6) is 0.722. The van der Waals surface area contributed by atoms with E-state index in [0.717, 1.165) is 69.9 Å². The molecule has 3 aromatic rings. The molecule has 1 N–H and O–H groups in total. The molecule has 8 rings (SSSR count). The van der Waals surface area contributed by atoms with Gasteiger partial charge in [0.25, 0.3) is 5.91 Å². The molecule has 2 aromatic carbocycles. The van der Waals surface area contributed by atoms with Gasteiger partial charge in [0.15, 0.2) is 0 Å². The molecule has 4 heterocycles. The van der Waals surface area contributed by atoms with Crippen LogP contribution < -0.4 is 9.46 Å². The molecule has 2 saturated heterocycles. The van der Waals surface area contributed by atoms with Gasteiger partial charge in [-0.2, -0.15) is 12.7 Å². The highest BCUT2D eigenvalue weighted by atomic mass is 32.2. The highest BCUT2D eigenvalue weighted by molar-refractivity contribution is 7.87. The van der Waals surface area contributed by atoms with Crippen LogP contribution in [0.5, 0.6) is 5.75 Å². The molecular weight excluding hydrogens is 604 g/mol. The van der Waals surface area contributed by atoms with Crippen molar-refractivity contribution >= 4 is 32.9 Å². The molecule has 2 amide bonds. The molecule has 10 nitrogen and oxygen atoms in total. The van der Waals surface area contributed by atoms with Gasteiger partial charge in [-0.05, 0) is 79.5 Å². The Hall–Kier alpha value is -3.41. The second kappa shape index (κ2) is 10.8. The summed E-state index contributed by atoms with van der Waals surface area (Å²) in [6.07, 6.45) is 8.43. The maximum absolute atomic E-state index is 14.8. The molecule has 2 saturated carbocycles. The number of morpholine rings is 1. The summed E-state index contributed by atoms with van der Waals surface area (Å²) in [7, 11) is 0.491. The van der Waals surface area contributed by atoms with E-state index in [2.05, 4.69) is 26.3 Å². The number of hydrogen-bond donors (Lipinski definition) is 1. The number of ether oxygens (including phenoxy) is 2. The fourth-order valence-electron chi connectivity index (χ4n) is 8.91. The van der Waals surface area contributed by atoms with E-state index in [1.54, 1.807) is 13.2 Å². The lowest BCUT2D eigenvalue weighted by molar-refractivity contribution is -0.147. The lowest BCUT2D eigenvalue weighted by atomic mass is 9.81. The average Bonchev–Trinajstić information content (AvgIpc) is 3.65. The molecule has 3 aliphatic heterocycles. The topological polar surface area (TPSA) is 110 Å². The number of rotatable bonds is 6. The van der Waals surface area contributed by atoms with Crippen molar-refractivity contribution in [3.8, 4) is 17.0 Å². The zero-order valence-electron chi connectivity index (χ0n) is 26.8. The van der Waals surface area contributed by atoms with Crippen LogP contribution in [0.1, 0.15) is 84.7 Å². The van der Waals surface area contributed by atoms with Gasteiger partial charge < -0.3 is 18.9 Å². The van der Waals surface area contributed by atoms with Crippen molar-refractivity contribution in [3.05, 3.63) is 53.1 Å². The summed E-state index contributed by atoms with van der Waals surface area (Å²) in [5, 5.41) is 1.07. The summed E-state index contributed by atoms with van der Waals surface area (Å²) >= 11 is 0. The maximum atomic E-state index is 14.8. The van der Waals surface area contributed by atoms with Crippen molar-refractivity contribution < 1.29 is 27.5 Å². The first-order chi connectivity index (χ1) is 22.1. The number of benzene rings is 2. The molecule has 244 valence electrons. The third-order valence-corrected chi connectivity index (χ3v) is 12.8. The number of aromatic nitrogens is 1. The molecule has 11 heteroatoms. The van der Waals surface area contributed by atoms with E-state index in [4.69, 9.17) is 9.47 Å². The largest absolute Gasteiger partial charge is 0.497 e. The van der Waals surface area contributed by atoms with Gasteiger partial charge in [0.2, 0.25) is 5.91 Å². The quantitative estimate of drug-likeness (QED) is 0.413. The van der Waals surface area contributed by atoms with Crippen LogP contribution in [-0.2, 0) is 26.3 Å². The minimum atomic E-state index is -3.97. The van der Waals surface area contributed by atoms with E-state index in [1.165, 1.54) is 38.9 Å². The fourth-order valence-corrected chi connectivity index (χ4v) is 9.44. The number of carbonyl (C=O) groups excluding carboxylic acids is 2. The van der Waals surface area contributed by atoms with Crippen LogP contribution >= 0.6 is 0 Å². The van der Waals surface area contributed by atoms with Crippen LogP contribution in [-0.4, -0.2) is 80.5 Å². The Labute approximate surface area is 270 Å². The molecule has 1 aromatic heterocycles. The Kier molecular flexibility index (Phi) is 7.04. The Bertz CT molecular complexity index is 1850. The first-order valence-electron chi connectivity index (χ1n) is 16.6. The van der Waals surface area contributed by atoms with Crippen molar-refractivity contribution in [3.63, 3.8) is 0 Å². The van der Waals surface area contributed by atoms with Crippen LogP contribution in [0.25, 0.3) is 22.2 Å². The minimum absolute atomic E-state index is 0.0539. The number of hydrogen-bond acceptors (Lipinski definition) is 6. The fraction of sp³-hybridized carbons (Fsp3) is 0.543. The van der Waals surface area contributed by atoms with Crippen LogP contribution in [0.2, 0.25) is 0 Å². The normalized spacial score (nSPS) is 27.1. The van der Waals surface area contributed by atoms with Crippen LogP contribution in [0.3, 0.4) is 0 Å². The molecule has 0 spiro atoms. The van der Waals surface area contributed by atoms with Gasteiger partial charge in [-0.3, -0.25) is 9.59 Å². The monoisotopic (exact) mass is 646 g/mol. The molecule has 4 unspecified atom stereocenters. The van der Waals surface area contributed by atoms with Crippen LogP contribution in [0, 0.1) is 5.41 Å². The Morgan fingerprint density at radius 2 is 1.74 bits per heavy atom. The highest BCUT2D eigenvalue weighted by Gasteiger charge is 2.65. The van der Waals surface area contributed by atoms with Gasteiger partial charge in [-0.15, -0.1) is 0 Å². The first-order valence-corrected chi connectivity index (χ1v) is 18.1. The predicted octanol–water partition coefficient (Wildman–Crippen LogP) is 4.78. The SMILES string of the molecule is COc1ccc2c(c1)C1CC1(C(=O)N1C3CCC1COC3)Cn1c-2c(C2CCCCC2)c2ccc(C(=O)NS(=O)(=O)N(C)C)cc21. The van der Waals surface area contributed by atoms with Gasteiger partial charge in [-0.1, -0.05) is 25.3 Å². The van der Waals surface area contributed by atoms with Crippen molar-refractivity contribution in [2.45, 2.75) is 81.8 Å². The van der Waals surface area contributed by atoms with Gasteiger partial charge >= 0.3 is 10.2 Å². The molecular formula is C35H42N4O6S. The number of nitrogens with one attached hydrogen (secondary N) is 1. The molecule has 4 fully saturated rings. The van der Waals surface area contributed by atoms with E-state index in [0.29, 0.717) is 25.7 Å². The lowest BCUT2D eigenvalue weighted by Crippen LogP contribution is -2.52. The van der Waals surface area contributed by atoms with Crippen molar-refractivity contribution in [2.75, 3.05) is 34.4 Å². The maximum Gasteiger partial charge on any atom is 0.303 e. The minimum Gasteiger partial charge on any atom is -0.497 e. The zero-order valence-corrected chi connectivity index (χ0v) is 27.6. The van der Waals surface area contributed by atoms with Crippen LogP contribution in [0.15, 0.2) is 36.4 Å². The Morgan fingerprint density at radius 3 is 2.43 bits per heavy atom. The molecule has 2 aliphatic carbocycles. The Balaban J connectivity index is 1.33. The van der Waals surface area contributed by atoms with Gasteiger partial charge in [-0.25, -0.2) is 4.72 Å². The number of amides is 2. The van der Waals surface area contributed by atoms with E-state index in [1.807, 2.05) is 18.2 Å². The number of nitrogens with zero attached hydrogens (tertiary/aromatic N) is 3. The highest BCUT2D eigenvalue weighted by Crippen LogP contribution is 2.66. The smallest absolute Gasteiger partial charge is 0.303 e. The molecule has 2 bridgehead atoms. The Morgan fingerprint density at radius 1 is 1.00 bits per heavy atom. The van der Waals surface area contributed by atoms with E-state index >= 15 is 0 Å². The van der Waals surface area contributed by atoms with Crippen molar-refractivity contribution in [1.29, 1.82) is 0 Å². The predicted molar refractivity (Wildman–Crippen MR) is 174 cm³/mol. The van der Waals surface area contributed by atoms with E-state index < -0.39 is 21.5 Å². The first kappa shape index (κ1) is 30.0. The summed E-state index contributed by atoms with van der Waals surface area (Å²) in [4.78, 5) is 30.3. The third kappa shape index (κ3) is 4.52.